The molecule has 3 N–H and O–H groups in total. The van der Waals surface area contributed by atoms with Crippen LogP contribution in [0.3, 0.4) is 0 Å². The first kappa shape index (κ1) is 31.4. The maximum Gasteiger partial charge on any atom is 0.490 e. The lowest BCUT2D eigenvalue weighted by Crippen LogP contribution is -2.52. The molecule has 2 aliphatic rings. The van der Waals surface area contributed by atoms with Gasteiger partial charge in [-0.15, -0.1) is 0 Å². The highest BCUT2D eigenvalue weighted by Gasteiger charge is 2.50. The number of methoxy groups -OCH3 is 2. The minimum Gasteiger partial charge on any atom is -0.493 e. The summed E-state index contributed by atoms with van der Waals surface area (Å²) in [7, 11) is 5.33. The van der Waals surface area contributed by atoms with E-state index in [-0.39, 0.29) is 28.9 Å². The fourth-order valence-corrected chi connectivity index (χ4v) is 5.46. The topological polar surface area (TPSA) is 143 Å². The lowest BCUT2D eigenvalue weighted by Gasteiger charge is -2.45. The molecule has 2 amide bonds. The van der Waals surface area contributed by atoms with Gasteiger partial charge >= 0.3 is 18.2 Å². The molecule has 2 aromatic carbocycles. The number of likely N-dealkylation sites (N-methyl/N-ethyl adjacent to an activating group) is 1. The molecular formula is C26H30F4N4O7. The summed E-state index contributed by atoms with van der Waals surface area (Å²) in [6.45, 7) is 0.941. The van der Waals surface area contributed by atoms with Gasteiger partial charge in [0.15, 0.2) is 11.5 Å². The van der Waals surface area contributed by atoms with Gasteiger partial charge in [0, 0.05) is 29.6 Å². The van der Waals surface area contributed by atoms with Gasteiger partial charge in [-0.05, 0) is 63.0 Å². The molecule has 4 rings (SSSR count). The molecule has 1 saturated carbocycles. The number of benzene rings is 2. The number of carbonyl (C=O) groups excluding carboxylic acids is 1. The summed E-state index contributed by atoms with van der Waals surface area (Å²) in [5.41, 5.74) is 0.623. The number of ether oxygens (including phenoxy) is 2. The van der Waals surface area contributed by atoms with Crippen molar-refractivity contribution < 1.29 is 46.7 Å². The van der Waals surface area contributed by atoms with E-state index in [9.17, 15) is 32.5 Å². The number of nitrogens with one attached hydrogen (secondary N) is 2. The van der Waals surface area contributed by atoms with Gasteiger partial charge in [0.05, 0.1) is 24.8 Å². The number of carboxylic acids is 1. The van der Waals surface area contributed by atoms with Crippen LogP contribution in [0.15, 0.2) is 36.4 Å². The highest BCUT2D eigenvalue weighted by molar-refractivity contribution is 5.90. The van der Waals surface area contributed by atoms with E-state index in [1.54, 1.807) is 14.2 Å². The smallest absolute Gasteiger partial charge is 0.490 e. The maximum absolute atomic E-state index is 14.1. The maximum atomic E-state index is 14.1. The molecule has 2 aromatic rings. The van der Waals surface area contributed by atoms with Crippen LogP contribution in [0, 0.1) is 15.9 Å². The Hall–Kier alpha value is -4.14. The van der Waals surface area contributed by atoms with Crippen LogP contribution in [0.4, 0.5) is 33.7 Å². The van der Waals surface area contributed by atoms with Gasteiger partial charge in [-0.3, -0.25) is 10.1 Å². The number of rotatable bonds is 6. The third-order valence-corrected chi connectivity index (χ3v) is 7.47. The fraction of sp³-hybridized carbons (Fsp3) is 0.462. The average Bonchev–Trinajstić information content (AvgIpc) is 3.26. The standard InChI is InChI=1S/C24H29FN4O5.C2HF3O2/c1-28-11-10-24(15-4-7-20(33-2)21(12-15)34-3)9-8-16(13-22(24)28)26-23(30)27-19-14-17(29(31)32)5-6-18(19)25;3-2(4,5)1(6)7/h4-7,12,14,16,22H,8-11,13H2,1-3H3,(H2,26,27,30);(H,6,7). The highest BCUT2D eigenvalue weighted by Crippen LogP contribution is 2.49. The van der Waals surface area contributed by atoms with Crippen LogP contribution < -0.4 is 20.1 Å². The Kier molecular flexibility index (Phi) is 9.63. The number of nitro groups is 1. The van der Waals surface area contributed by atoms with Crippen LogP contribution >= 0.6 is 0 Å². The first-order valence-corrected chi connectivity index (χ1v) is 12.5. The minimum absolute atomic E-state index is 0.0604. The number of amides is 2. The molecule has 1 aliphatic heterocycles. The van der Waals surface area contributed by atoms with Crippen LogP contribution in [-0.2, 0) is 10.2 Å². The summed E-state index contributed by atoms with van der Waals surface area (Å²) in [5, 5.41) is 23.4. The van der Waals surface area contributed by atoms with Crippen molar-refractivity contribution in [3.8, 4) is 11.5 Å². The van der Waals surface area contributed by atoms with E-state index in [0.29, 0.717) is 11.5 Å². The van der Waals surface area contributed by atoms with Crippen LogP contribution in [0.2, 0.25) is 0 Å². The second kappa shape index (κ2) is 12.6. The number of urea groups is 1. The molecule has 1 aliphatic carbocycles. The first-order valence-electron chi connectivity index (χ1n) is 12.5. The van der Waals surface area contributed by atoms with E-state index in [2.05, 4.69) is 34.7 Å². The molecular weight excluding hydrogens is 556 g/mol. The Morgan fingerprint density at radius 2 is 1.78 bits per heavy atom. The Bertz CT molecular complexity index is 1290. The van der Waals surface area contributed by atoms with Crippen LogP contribution in [0.1, 0.15) is 31.2 Å². The first-order chi connectivity index (χ1) is 19.2. The molecule has 0 spiro atoms. The molecule has 0 radical (unpaired) electrons. The predicted octanol–water partition coefficient (Wildman–Crippen LogP) is 4.70. The fourth-order valence-electron chi connectivity index (χ4n) is 5.46. The number of nitrogens with zero attached hydrogens (tertiary/aromatic N) is 2. The molecule has 41 heavy (non-hydrogen) atoms. The number of likely N-dealkylation sites (tertiary alicyclic amines) is 1. The molecule has 3 unspecified atom stereocenters. The molecule has 2 fully saturated rings. The Balaban J connectivity index is 0.000000587. The van der Waals surface area contributed by atoms with E-state index in [4.69, 9.17) is 19.4 Å². The molecule has 1 saturated heterocycles. The van der Waals surface area contributed by atoms with Crippen molar-refractivity contribution in [3.63, 3.8) is 0 Å². The van der Waals surface area contributed by atoms with Gasteiger partial charge in [-0.25, -0.2) is 14.0 Å². The second-order valence-electron chi connectivity index (χ2n) is 9.77. The lowest BCUT2D eigenvalue weighted by molar-refractivity contribution is -0.384. The molecule has 3 atom stereocenters. The quantitative estimate of drug-likeness (QED) is 0.251. The van der Waals surface area contributed by atoms with Crippen LogP contribution in [0.5, 0.6) is 11.5 Å². The minimum atomic E-state index is -5.08. The largest absolute Gasteiger partial charge is 0.493 e. The number of carboxylic acid groups (broad SMARTS) is 1. The highest BCUT2D eigenvalue weighted by atomic mass is 19.4. The summed E-state index contributed by atoms with van der Waals surface area (Å²) in [6, 6.07) is 8.65. The van der Waals surface area contributed by atoms with E-state index in [1.807, 2.05) is 6.07 Å². The summed E-state index contributed by atoms with van der Waals surface area (Å²) in [6.07, 6.45) is -1.73. The van der Waals surface area contributed by atoms with Crippen molar-refractivity contribution in [1.29, 1.82) is 0 Å². The zero-order valence-corrected chi connectivity index (χ0v) is 22.5. The summed E-state index contributed by atoms with van der Waals surface area (Å²) in [4.78, 5) is 34.1. The number of carbonyl (C=O) groups is 2. The van der Waals surface area contributed by atoms with Crippen LogP contribution in [-0.4, -0.2) is 73.0 Å². The summed E-state index contributed by atoms with van der Waals surface area (Å²) >= 11 is 0. The van der Waals surface area contributed by atoms with Gasteiger partial charge in [0.1, 0.15) is 5.82 Å². The van der Waals surface area contributed by atoms with Gasteiger partial charge in [0.25, 0.3) is 5.69 Å². The zero-order chi connectivity index (χ0) is 30.5. The molecule has 0 bridgehead atoms. The van der Waals surface area contributed by atoms with Gasteiger partial charge < -0.3 is 30.1 Å². The monoisotopic (exact) mass is 586 g/mol. The summed E-state index contributed by atoms with van der Waals surface area (Å²) in [5.74, 6) is -2.10. The van der Waals surface area contributed by atoms with Gasteiger partial charge in [-0.2, -0.15) is 13.2 Å². The van der Waals surface area contributed by atoms with E-state index >= 15 is 0 Å². The molecule has 15 heteroatoms. The Morgan fingerprint density at radius 1 is 1.12 bits per heavy atom. The summed E-state index contributed by atoms with van der Waals surface area (Å²) < 4.78 is 56.7. The number of aliphatic carboxylic acids is 1. The predicted molar refractivity (Wildman–Crippen MR) is 139 cm³/mol. The normalized spacial score (nSPS) is 22.0. The molecule has 0 aromatic heterocycles. The number of alkyl halides is 3. The zero-order valence-electron chi connectivity index (χ0n) is 22.5. The SMILES string of the molecule is COc1ccc(C23CCC(NC(=O)Nc4cc([N+](=O)[O-])ccc4F)CC2N(C)CC3)cc1OC.O=C(O)C(F)(F)F. The van der Waals surface area contributed by atoms with Crippen molar-refractivity contribution in [2.45, 2.75) is 49.4 Å². The second-order valence-corrected chi connectivity index (χ2v) is 9.77. The van der Waals surface area contributed by atoms with Crippen molar-refractivity contribution in [2.75, 3.05) is 33.1 Å². The van der Waals surface area contributed by atoms with E-state index in [0.717, 1.165) is 50.4 Å². The Labute approximate surface area is 232 Å². The number of nitro benzene ring substituents is 1. The van der Waals surface area contributed by atoms with E-state index < -0.39 is 28.9 Å². The lowest BCUT2D eigenvalue weighted by atomic mass is 9.65. The number of anilines is 1. The Morgan fingerprint density at radius 3 is 2.37 bits per heavy atom. The van der Waals surface area contributed by atoms with Gasteiger partial charge in [0.2, 0.25) is 0 Å². The number of fused-ring (bicyclic) bond motifs is 1. The number of hydrogen-bond acceptors (Lipinski definition) is 7. The third-order valence-electron chi connectivity index (χ3n) is 7.47. The average molecular weight is 587 g/mol. The van der Waals surface area contributed by atoms with Crippen molar-refractivity contribution in [3.05, 3.63) is 57.9 Å². The van der Waals surface area contributed by atoms with Crippen molar-refractivity contribution >= 4 is 23.4 Å². The molecule has 1 heterocycles. The number of halogens is 4. The van der Waals surface area contributed by atoms with E-state index in [1.165, 1.54) is 5.56 Å². The molecule has 224 valence electrons. The number of hydrogen-bond donors (Lipinski definition) is 3. The van der Waals surface area contributed by atoms with Crippen molar-refractivity contribution in [1.82, 2.24) is 10.2 Å². The van der Waals surface area contributed by atoms with Gasteiger partial charge in [-0.1, -0.05) is 6.07 Å². The third kappa shape index (κ3) is 7.14. The number of non-ortho nitro benzene ring substituents is 1. The molecule has 11 nitrogen and oxygen atoms in total. The van der Waals surface area contributed by atoms with Crippen LogP contribution in [0.25, 0.3) is 0 Å². The van der Waals surface area contributed by atoms with Crippen molar-refractivity contribution in [2.24, 2.45) is 0 Å².